The summed E-state index contributed by atoms with van der Waals surface area (Å²) in [4.78, 5) is 0. The van der Waals surface area contributed by atoms with E-state index in [1.165, 1.54) is 0 Å². The summed E-state index contributed by atoms with van der Waals surface area (Å²) in [5.74, 6) is 0.153. The molecule has 0 heterocycles. The van der Waals surface area contributed by atoms with Crippen LogP contribution in [0, 0.1) is 0 Å². The van der Waals surface area contributed by atoms with E-state index >= 15 is 0 Å². The first kappa shape index (κ1) is 17.3. The fraction of sp³-hybridized carbons (Fsp3) is 1.00. The van der Waals surface area contributed by atoms with Crippen molar-refractivity contribution in [1.82, 2.24) is 18.7 Å². The Balaban J connectivity index is 5.39. The zero-order chi connectivity index (χ0) is 14.0. The van der Waals surface area contributed by atoms with Crippen LogP contribution in [0.1, 0.15) is 0 Å². The molecular formula is C9H26N4O2P2. The molecule has 0 aliphatic heterocycles. The average molecular weight is 284 g/mol. The minimum Gasteiger partial charge on any atom is -0.288 e. The van der Waals surface area contributed by atoms with Crippen LogP contribution < -0.4 is 0 Å². The van der Waals surface area contributed by atoms with E-state index in [4.69, 9.17) is 0 Å². The van der Waals surface area contributed by atoms with Crippen molar-refractivity contribution < 1.29 is 9.13 Å². The third kappa shape index (κ3) is 3.63. The maximum Gasteiger partial charge on any atom is 0.225 e. The van der Waals surface area contributed by atoms with Crippen molar-refractivity contribution in [3.8, 4) is 0 Å². The molecule has 0 amide bonds. The fourth-order valence-electron chi connectivity index (χ4n) is 1.46. The number of rotatable bonds is 6. The molecule has 0 fully saturated rings. The van der Waals surface area contributed by atoms with Crippen molar-refractivity contribution in [1.29, 1.82) is 0 Å². The molecular weight excluding hydrogens is 258 g/mol. The van der Waals surface area contributed by atoms with Crippen LogP contribution in [0.5, 0.6) is 0 Å². The summed E-state index contributed by atoms with van der Waals surface area (Å²) in [6.45, 7) is 0. The predicted octanol–water partition coefficient (Wildman–Crippen LogP) is 1.58. The molecule has 0 aromatic carbocycles. The summed E-state index contributed by atoms with van der Waals surface area (Å²) in [7, 11) is 8.54. The van der Waals surface area contributed by atoms with Gasteiger partial charge in [0.05, 0.1) is 0 Å². The first-order valence-corrected chi connectivity index (χ1v) is 8.97. The van der Waals surface area contributed by atoms with Gasteiger partial charge in [-0.1, -0.05) is 0 Å². The Kier molecular flexibility index (Phi) is 6.07. The van der Waals surface area contributed by atoms with E-state index in [0.29, 0.717) is 0 Å². The van der Waals surface area contributed by atoms with Crippen LogP contribution in [0.2, 0.25) is 0 Å². The highest BCUT2D eigenvalue weighted by Gasteiger charge is 2.40. The Morgan fingerprint density at radius 1 is 0.588 bits per heavy atom. The number of nitrogens with zero attached hydrogens (tertiary/aromatic N) is 4. The van der Waals surface area contributed by atoms with E-state index in [1.54, 1.807) is 75.1 Å². The maximum absolute atomic E-state index is 12.9. The Morgan fingerprint density at radius 2 is 0.765 bits per heavy atom. The van der Waals surface area contributed by atoms with Gasteiger partial charge in [0.1, 0.15) is 5.90 Å². The fourth-order valence-corrected chi connectivity index (χ4v) is 8.86. The summed E-state index contributed by atoms with van der Waals surface area (Å²) in [5.41, 5.74) is 0. The molecule has 0 aromatic heterocycles. The molecule has 8 heteroatoms. The minimum atomic E-state index is -2.77. The topological polar surface area (TPSA) is 47.1 Å². The second kappa shape index (κ2) is 5.96. The number of hydrogen-bond donors (Lipinski definition) is 0. The molecule has 0 saturated carbocycles. The Morgan fingerprint density at radius 3 is 0.882 bits per heavy atom. The van der Waals surface area contributed by atoms with Crippen LogP contribution >= 0.6 is 14.9 Å². The molecule has 17 heavy (non-hydrogen) atoms. The highest BCUT2D eigenvalue weighted by atomic mass is 31.2. The van der Waals surface area contributed by atoms with Crippen LogP contribution in [0.25, 0.3) is 0 Å². The highest BCUT2D eigenvalue weighted by molar-refractivity contribution is 7.76. The summed E-state index contributed by atoms with van der Waals surface area (Å²) in [5, 5.41) is 0. The molecule has 0 bridgehead atoms. The Hall–Kier alpha value is 0.300. The molecule has 0 N–H and O–H groups in total. The van der Waals surface area contributed by atoms with Gasteiger partial charge in [0.25, 0.3) is 0 Å². The first-order chi connectivity index (χ1) is 7.48. The van der Waals surface area contributed by atoms with Gasteiger partial charge in [-0.2, -0.15) is 0 Å². The lowest BCUT2D eigenvalue weighted by atomic mass is 11.3. The Bertz CT molecular complexity index is 286. The van der Waals surface area contributed by atoms with Gasteiger partial charge in [-0.15, -0.1) is 0 Å². The highest BCUT2D eigenvalue weighted by Crippen LogP contribution is 2.64. The van der Waals surface area contributed by atoms with Crippen molar-refractivity contribution in [3.63, 3.8) is 0 Å². The third-order valence-electron chi connectivity index (χ3n) is 2.87. The van der Waals surface area contributed by atoms with E-state index in [-0.39, 0.29) is 5.90 Å². The predicted molar refractivity (Wildman–Crippen MR) is 74.8 cm³/mol. The molecule has 0 radical (unpaired) electrons. The molecule has 0 aliphatic rings. The lowest BCUT2D eigenvalue weighted by Crippen LogP contribution is -2.29. The standard InChI is InChI=1S/C9H26N4O2P2/c1-10(2)16(14,11(3)4)9-17(15,12(5)6)13(7)8/h9H2,1-8H3. The van der Waals surface area contributed by atoms with E-state index in [2.05, 4.69) is 0 Å². The molecule has 0 saturated heterocycles. The zero-order valence-corrected chi connectivity index (χ0v) is 14.0. The van der Waals surface area contributed by atoms with Crippen molar-refractivity contribution in [3.05, 3.63) is 0 Å². The summed E-state index contributed by atoms with van der Waals surface area (Å²) in [6, 6.07) is 0. The van der Waals surface area contributed by atoms with E-state index < -0.39 is 14.9 Å². The third-order valence-corrected chi connectivity index (χ3v) is 10.8. The van der Waals surface area contributed by atoms with Gasteiger partial charge >= 0.3 is 0 Å². The van der Waals surface area contributed by atoms with Crippen LogP contribution in [0.3, 0.4) is 0 Å². The van der Waals surface area contributed by atoms with Crippen LogP contribution in [-0.2, 0) is 9.13 Å². The normalized spacial score (nSPS) is 14.4. The Labute approximate surface area is 106 Å². The lowest BCUT2D eigenvalue weighted by molar-refractivity contribution is 0.433. The summed E-state index contributed by atoms with van der Waals surface area (Å²) >= 11 is 0. The van der Waals surface area contributed by atoms with Gasteiger partial charge in [-0.05, 0) is 56.4 Å². The average Bonchev–Trinajstić information content (AvgIpc) is 2.15. The van der Waals surface area contributed by atoms with Gasteiger partial charge in [0.2, 0.25) is 14.9 Å². The van der Waals surface area contributed by atoms with E-state index in [9.17, 15) is 9.13 Å². The van der Waals surface area contributed by atoms with Gasteiger partial charge in [0, 0.05) is 0 Å². The molecule has 0 atom stereocenters. The van der Waals surface area contributed by atoms with Gasteiger partial charge in [-0.25, -0.2) is 18.7 Å². The molecule has 104 valence electrons. The molecule has 6 nitrogen and oxygen atoms in total. The smallest absolute Gasteiger partial charge is 0.225 e. The summed E-state index contributed by atoms with van der Waals surface area (Å²) in [6.07, 6.45) is 0. The lowest BCUT2D eigenvalue weighted by Gasteiger charge is -2.37. The SMILES string of the molecule is CN(C)P(=O)(CP(=O)(N(C)C)N(C)C)N(C)C. The molecule has 0 aliphatic carbocycles. The molecule has 0 rings (SSSR count). The molecule has 0 unspecified atom stereocenters. The zero-order valence-electron chi connectivity index (χ0n) is 12.2. The second-order valence-electron chi connectivity index (χ2n) is 4.86. The van der Waals surface area contributed by atoms with Crippen molar-refractivity contribution in [2.45, 2.75) is 0 Å². The van der Waals surface area contributed by atoms with Gasteiger partial charge in [-0.3, -0.25) is 9.13 Å². The monoisotopic (exact) mass is 284 g/mol. The van der Waals surface area contributed by atoms with Crippen molar-refractivity contribution >= 4 is 14.9 Å². The molecule has 0 spiro atoms. The minimum absolute atomic E-state index is 0.153. The van der Waals surface area contributed by atoms with Crippen LogP contribution in [0.15, 0.2) is 0 Å². The summed E-state index contributed by atoms with van der Waals surface area (Å²) < 4.78 is 32.4. The van der Waals surface area contributed by atoms with Crippen molar-refractivity contribution in [2.75, 3.05) is 62.3 Å². The largest absolute Gasteiger partial charge is 0.288 e. The van der Waals surface area contributed by atoms with Crippen LogP contribution in [-0.4, -0.2) is 81.0 Å². The van der Waals surface area contributed by atoms with Gasteiger partial charge in [0.15, 0.2) is 0 Å². The van der Waals surface area contributed by atoms with Crippen molar-refractivity contribution in [2.24, 2.45) is 0 Å². The number of hydrogen-bond acceptors (Lipinski definition) is 2. The maximum atomic E-state index is 12.9. The van der Waals surface area contributed by atoms with E-state index in [0.717, 1.165) is 0 Å². The second-order valence-corrected chi connectivity index (χ2v) is 11.8. The molecule has 0 aromatic rings. The van der Waals surface area contributed by atoms with Gasteiger partial charge < -0.3 is 0 Å². The quantitative estimate of drug-likeness (QED) is 0.690. The van der Waals surface area contributed by atoms with E-state index in [1.807, 2.05) is 0 Å². The first-order valence-electron chi connectivity index (χ1n) is 5.38. The van der Waals surface area contributed by atoms with Crippen LogP contribution in [0.4, 0.5) is 0 Å².